The number of hydrogen-bond acceptors (Lipinski definition) is 6. The van der Waals surface area contributed by atoms with Gasteiger partial charge in [0.15, 0.2) is 9.84 Å². The molecule has 1 atom stereocenters. The summed E-state index contributed by atoms with van der Waals surface area (Å²) in [6.07, 6.45) is 1.90. The van der Waals surface area contributed by atoms with Gasteiger partial charge in [-0.25, -0.2) is 18.4 Å². The molecule has 1 unspecified atom stereocenters. The summed E-state index contributed by atoms with van der Waals surface area (Å²) in [6.45, 7) is 1.89. The fourth-order valence-electron chi connectivity index (χ4n) is 2.60. The molecule has 0 bridgehead atoms. The largest absolute Gasteiger partial charge is 0.347 e. The molecule has 132 valence electrons. The fraction of sp³-hybridized carbons (Fsp3) is 0.312. The van der Waals surface area contributed by atoms with Crippen molar-refractivity contribution in [3.63, 3.8) is 0 Å². The van der Waals surface area contributed by atoms with Gasteiger partial charge in [-0.2, -0.15) is 0 Å². The first-order valence-corrected chi connectivity index (χ1v) is 9.90. The summed E-state index contributed by atoms with van der Waals surface area (Å²) >= 11 is 5.93. The summed E-state index contributed by atoms with van der Waals surface area (Å²) in [5.74, 6) is -0.0685. The molecule has 1 fully saturated rings. The summed E-state index contributed by atoms with van der Waals surface area (Å²) in [4.78, 5) is 20.6. The van der Waals surface area contributed by atoms with Gasteiger partial charge in [-0.1, -0.05) is 11.6 Å². The van der Waals surface area contributed by atoms with Crippen LogP contribution in [0.1, 0.15) is 22.5 Å². The minimum absolute atomic E-state index is 0.0289. The highest BCUT2D eigenvalue weighted by molar-refractivity contribution is 7.91. The first-order chi connectivity index (χ1) is 11.8. The molecule has 0 aliphatic carbocycles. The highest BCUT2D eigenvalue weighted by Crippen LogP contribution is 2.22. The van der Waals surface area contributed by atoms with Crippen LogP contribution in [0.15, 0.2) is 30.5 Å². The molecule has 2 heterocycles. The molecule has 1 aliphatic rings. The number of amides is 1. The Kier molecular flexibility index (Phi) is 4.91. The van der Waals surface area contributed by atoms with Gasteiger partial charge in [0.1, 0.15) is 5.69 Å². The van der Waals surface area contributed by atoms with Crippen LogP contribution in [-0.4, -0.2) is 41.8 Å². The molecule has 1 aliphatic heterocycles. The number of benzene rings is 1. The number of aromatic nitrogens is 2. The molecule has 1 aromatic heterocycles. The summed E-state index contributed by atoms with van der Waals surface area (Å²) in [6, 6.07) is 6.47. The lowest BCUT2D eigenvalue weighted by atomic mass is 10.2. The maximum atomic E-state index is 12.3. The molecular weight excluding hydrogens is 364 g/mol. The third-order valence-electron chi connectivity index (χ3n) is 3.89. The zero-order valence-corrected chi connectivity index (χ0v) is 15.1. The molecule has 0 radical (unpaired) electrons. The fourth-order valence-corrected chi connectivity index (χ4v) is 4.50. The molecule has 1 aromatic carbocycles. The first kappa shape index (κ1) is 17.6. The predicted molar refractivity (Wildman–Crippen MR) is 96.0 cm³/mol. The first-order valence-electron chi connectivity index (χ1n) is 7.70. The second-order valence-electron chi connectivity index (χ2n) is 5.92. The monoisotopic (exact) mass is 380 g/mol. The van der Waals surface area contributed by atoms with E-state index in [4.69, 9.17) is 11.6 Å². The van der Waals surface area contributed by atoms with Crippen molar-refractivity contribution >= 4 is 39.0 Å². The van der Waals surface area contributed by atoms with Crippen molar-refractivity contribution in [1.29, 1.82) is 0 Å². The Hall–Kier alpha value is -2.19. The summed E-state index contributed by atoms with van der Waals surface area (Å²) in [5.41, 5.74) is 1.87. The van der Waals surface area contributed by atoms with E-state index < -0.39 is 15.7 Å². The average molecular weight is 381 g/mol. The van der Waals surface area contributed by atoms with Gasteiger partial charge in [-0.05, 0) is 43.2 Å². The van der Waals surface area contributed by atoms with Gasteiger partial charge in [0.2, 0.25) is 5.95 Å². The second kappa shape index (κ2) is 6.97. The van der Waals surface area contributed by atoms with E-state index in [2.05, 4.69) is 20.6 Å². The Morgan fingerprint density at radius 1 is 1.32 bits per heavy atom. The molecule has 1 saturated heterocycles. The lowest BCUT2D eigenvalue weighted by Crippen LogP contribution is -2.36. The molecule has 2 aromatic rings. The lowest BCUT2D eigenvalue weighted by Gasteiger charge is -2.12. The number of sulfone groups is 1. The number of nitrogens with zero attached hydrogens (tertiary/aromatic N) is 2. The van der Waals surface area contributed by atoms with Crippen molar-refractivity contribution < 1.29 is 13.2 Å². The average Bonchev–Trinajstić information content (AvgIpc) is 2.89. The molecular formula is C16H17ClN4O3S. The van der Waals surface area contributed by atoms with E-state index in [1.54, 1.807) is 18.2 Å². The van der Waals surface area contributed by atoms with E-state index in [0.717, 1.165) is 11.3 Å². The number of carbonyl (C=O) groups excluding carboxylic acids is 1. The Bertz CT molecular complexity index is 917. The van der Waals surface area contributed by atoms with Crippen LogP contribution in [-0.2, 0) is 9.84 Å². The highest BCUT2D eigenvalue weighted by Gasteiger charge is 2.29. The SMILES string of the molecule is Cc1cc(Cl)ccc1Nc1nccc(C(=O)NC2CCS(=O)(=O)C2)n1. The van der Waals surface area contributed by atoms with E-state index in [-0.39, 0.29) is 29.2 Å². The van der Waals surface area contributed by atoms with Crippen LogP contribution in [0.4, 0.5) is 11.6 Å². The molecule has 9 heteroatoms. The number of nitrogens with one attached hydrogen (secondary N) is 2. The van der Waals surface area contributed by atoms with E-state index in [1.807, 2.05) is 6.92 Å². The molecule has 25 heavy (non-hydrogen) atoms. The van der Waals surface area contributed by atoms with Gasteiger partial charge in [0.05, 0.1) is 11.5 Å². The topological polar surface area (TPSA) is 101 Å². The Morgan fingerprint density at radius 3 is 2.80 bits per heavy atom. The molecule has 2 N–H and O–H groups in total. The van der Waals surface area contributed by atoms with Crippen molar-refractivity contribution in [2.45, 2.75) is 19.4 Å². The third-order valence-corrected chi connectivity index (χ3v) is 5.89. The van der Waals surface area contributed by atoms with Crippen LogP contribution in [0.5, 0.6) is 0 Å². The number of carbonyl (C=O) groups is 1. The van der Waals surface area contributed by atoms with Crippen molar-refractivity contribution in [1.82, 2.24) is 15.3 Å². The number of halogens is 1. The number of rotatable bonds is 4. The van der Waals surface area contributed by atoms with Crippen LogP contribution in [0.3, 0.4) is 0 Å². The van der Waals surface area contributed by atoms with Crippen LogP contribution in [0.2, 0.25) is 5.02 Å². The van der Waals surface area contributed by atoms with Gasteiger partial charge in [0, 0.05) is 22.9 Å². The van der Waals surface area contributed by atoms with Crippen molar-refractivity contribution in [3.8, 4) is 0 Å². The molecule has 0 saturated carbocycles. The van der Waals surface area contributed by atoms with E-state index in [1.165, 1.54) is 12.3 Å². The van der Waals surface area contributed by atoms with Crippen LogP contribution >= 0.6 is 11.6 Å². The zero-order chi connectivity index (χ0) is 18.0. The molecule has 1 amide bonds. The second-order valence-corrected chi connectivity index (χ2v) is 8.59. The van der Waals surface area contributed by atoms with Crippen LogP contribution < -0.4 is 10.6 Å². The maximum Gasteiger partial charge on any atom is 0.270 e. The van der Waals surface area contributed by atoms with Crippen molar-refractivity contribution in [2.24, 2.45) is 0 Å². The van der Waals surface area contributed by atoms with Gasteiger partial charge in [-0.15, -0.1) is 0 Å². The zero-order valence-electron chi connectivity index (χ0n) is 13.5. The number of aryl methyl sites for hydroxylation is 1. The van der Waals surface area contributed by atoms with Gasteiger partial charge in [0.25, 0.3) is 5.91 Å². The Balaban J connectivity index is 1.71. The third kappa shape index (κ3) is 4.46. The van der Waals surface area contributed by atoms with Gasteiger partial charge >= 0.3 is 0 Å². The Morgan fingerprint density at radius 2 is 2.12 bits per heavy atom. The van der Waals surface area contributed by atoms with Crippen LogP contribution in [0, 0.1) is 6.92 Å². The Labute approximate surface area is 150 Å². The summed E-state index contributed by atoms with van der Waals surface area (Å²) in [5, 5.41) is 6.38. The number of hydrogen-bond donors (Lipinski definition) is 2. The maximum absolute atomic E-state index is 12.3. The number of anilines is 2. The van der Waals surface area contributed by atoms with Crippen molar-refractivity contribution in [2.75, 3.05) is 16.8 Å². The van der Waals surface area contributed by atoms with E-state index >= 15 is 0 Å². The minimum Gasteiger partial charge on any atom is -0.347 e. The summed E-state index contributed by atoms with van der Waals surface area (Å²) < 4.78 is 23.0. The predicted octanol–water partition coefficient (Wildman–Crippen LogP) is 2.10. The van der Waals surface area contributed by atoms with Crippen LogP contribution in [0.25, 0.3) is 0 Å². The van der Waals surface area contributed by atoms with Crippen molar-refractivity contribution in [3.05, 3.63) is 46.7 Å². The van der Waals surface area contributed by atoms with E-state index in [9.17, 15) is 13.2 Å². The summed E-state index contributed by atoms with van der Waals surface area (Å²) in [7, 11) is -3.05. The minimum atomic E-state index is -3.05. The smallest absolute Gasteiger partial charge is 0.270 e. The molecule has 7 nitrogen and oxygen atoms in total. The highest BCUT2D eigenvalue weighted by atomic mass is 35.5. The molecule has 3 rings (SSSR count). The normalized spacial score (nSPS) is 18.7. The van der Waals surface area contributed by atoms with Gasteiger partial charge in [-0.3, -0.25) is 4.79 Å². The quantitative estimate of drug-likeness (QED) is 0.842. The lowest BCUT2D eigenvalue weighted by molar-refractivity contribution is 0.0936. The van der Waals surface area contributed by atoms with E-state index in [0.29, 0.717) is 11.4 Å². The standard InChI is InChI=1S/C16H17ClN4O3S/c1-10-8-11(17)2-3-13(10)20-16-18-6-4-14(21-16)15(22)19-12-5-7-25(23,24)9-12/h2-4,6,8,12H,5,7,9H2,1H3,(H,19,22)(H,18,20,21). The molecule has 0 spiro atoms. The van der Waals surface area contributed by atoms with Gasteiger partial charge < -0.3 is 10.6 Å².